The van der Waals surface area contributed by atoms with Crippen LogP contribution in [-0.4, -0.2) is 21.4 Å². The van der Waals surface area contributed by atoms with Crippen molar-refractivity contribution in [2.75, 3.05) is 12.3 Å². The average Bonchev–Trinajstić information content (AvgIpc) is 2.66. The first-order valence-electron chi connectivity index (χ1n) is 8.64. The van der Waals surface area contributed by atoms with Crippen LogP contribution >= 0.6 is 23.2 Å². The highest BCUT2D eigenvalue weighted by Crippen LogP contribution is 2.27. The minimum atomic E-state index is -0.109. The lowest BCUT2D eigenvalue weighted by atomic mass is 10.1. The first kappa shape index (κ1) is 18.0. The zero-order chi connectivity index (χ0) is 19.0. The standard InChI is InChI=1S/C20H18Cl2N4O/c21-16-2-1-3-17(22)14(16)10-26-9-8-18-15(11-26)20(27)25-19(24-18)12-4-6-13(23)7-5-12/h1-7H,8-11,23H2,(H,24,25,27). The second kappa shape index (κ2) is 7.35. The van der Waals surface area contributed by atoms with Crippen molar-refractivity contribution in [3.8, 4) is 11.4 Å². The number of benzene rings is 2. The molecule has 0 amide bonds. The van der Waals surface area contributed by atoms with Crippen LogP contribution in [0.2, 0.25) is 10.0 Å². The van der Waals surface area contributed by atoms with E-state index in [4.69, 9.17) is 28.9 Å². The van der Waals surface area contributed by atoms with Gasteiger partial charge in [0, 0.05) is 52.9 Å². The quantitative estimate of drug-likeness (QED) is 0.654. The predicted molar refractivity (Wildman–Crippen MR) is 109 cm³/mol. The Bertz CT molecular complexity index is 1030. The monoisotopic (exact) mass is 400 g/mol. The van der Waals surface area contributed by atoms with Crippen LogP contribution in [0.3, 0.4) is 0 Å². The number of nitrogens with one attached hydrogen (secondary N) is 1. The lowest BCUT2D eigenvalue weighted by molar-refractivity contribution is 0.242. The number of nitrogen functional groups attached to an aromatic ring is 1. The highest BCUT2D eigenvalue weighted by atomic mass is 35.5. The van der Waals surface area contributed by atoms with Gasteiger partial charge in [-0.2, -0.15) is 0 Å². The Morgan fingerprint density at radius 1 is 1.11 bits per heavy atom. The zero-order valence-electron chi connectivity index (χ0n) is 14.5. The minimum Gasteiger partial charge on any atom is -0.399 e. The van der Waals surface area contributed by atoms with E-state index >= 15 is 0 Å². The molecule has 0 radical (unpaired) electrons. The third kappa shape index (κ3) is 3.72. The Balaban J connectivity index is 1.60. The van der Waals surface area contributed by atoms with E-state index in [1.807, 2.05) is 30.3 Å². The molecule has 4 rings (SSSR count). The molecule has 1 aliphatic heterocycles. The van der Waals surface area contributed by atoms with E-state index in [2.05, 4.69) is 14.9 Å². The molecule has 2 aromatic carbocycles. The molecule has 0 bridgehead atoms. The molecular weight excluding hydrogens is 383 g/mol. The number of hydrogen-bond acceptors (Lipinski definition) is 4. The van der Waals surface area contributed by atoms with E-state index in [0.717, 1.165) is 23.4 Å². The van der Waals surface area contributed by atoms with E-state index < -0.39 is 0 Å². The third-order valence-electron chi connectivity index (χ3n) is 4.78. The van der Waals surface area contributed by atoms with Crippen molar-refractivity contribution in [1.82, 2.24) is 14.9 Å². The van der Waals surface area contributed by atoms with Gasteiger partial charge in [-0.3, -0.25) is 9.69 Å². The molecule has 1 aromatic heterocycles. The summed E-state index contributed by atoms with van der Waals surface area (Å²) in [5.41, 5.74) is 9.55. The first-order chi connectivity index (χ1) is 13.0. The van der Waals surface area contributed by atoms with Crippen molar-refractivity contribution in [3.05, 3.63) is 79.7 Å². The van der Waals surface area contributed by atoms with Gasteiger partial charge in [0.05, 0.1) is 11.3 Å². The lowest BCUT2D eigenvalue weighted by Gasteiger charge is -2.28. The van der Waals surface area contributed by atoms with Gasteiger partial charge in [-0.25, -0.2) is 4.98 Å². The van der Waals surface area contributed by atoms with Gasteiger partial charge >= 0.3 is 0 Å². The number of fused-ring (bicyclic) bond motifs is 1. The Morgan fingerprint density at radius 3 is 2.52 bits per heavy atom. The van der Waals surface area contributed by atoms with Crippen molar-refractivity contribution < 1.29 is 0 Å². The molecular formula is C20H18Cl2N4O. The number of rotatable bonds is 3. The van der Waals surface area contributed by atoms with Gasteiger partial charge in [0.15, 0.2) is 0 Å². The molecule has 0 aliphatic carbocycles. The maximum atomic E-state index is 12.7. The van der Waals surface area contributed by atoms with Crippen LogP contribution in [-0.2, 0) is 19.5 Å². The molecule has 0 fully saturated rings. The maximum absolute atomic E-state index is 12.7. The molecule has 1 aliphatic rings. The maximum Gasteiger partial charge on any atom is 0.255 e. The van der Waals surface area contributed by atoms with Crippen molar-refractivity contribution in [1.29, 1.82) is 0 Å². The van der Waals surface area contributed by atoms with Crippen LogP contribution < -0.4 is 11.3 Å². The van der Waals surface area contributed by atoms with Crippen LogP contribution in [0.15, 0.2) is 47.3 Å². The normalized spacial score (nSPS) is 14.1. The largest absolute Gasteiger partial charge is 0.399 e. The second-order valence-corrected chi connectivity index (χ2v) is 7.44. The van der Waals surface area contributed by atoms with Crippen LogP contribution in [0.1, 0.15) is 16.8 Å². The third-order valence-corrected chi connectivity index (χ3v) is 5.48. The van der Waals surface area contributed by atoms with Gasteiger partial charge < -0.3 is 10.7 Å². The number of H-pyrrole nitrogens is 1. The smallest absolute Gasteiger partial charge is 0.255 e. The van der Waals surface area contributed by atoms with Crippen LogP contribution in [0.4, 0.5) is 5.69 Å². The summed E-state index contributed by atoms with van der Waals surface area (Å²) >= 11 is 12.6. The summed E-state index contributed by atoms with van der Waals surface area (Å²) < 4.78 is 0. The van der Waals surface area contributed by atoms with Crippen LogP contribution in [0.5, 0.6) is 0 Å². The number of hydrogen-bond donors (Lipinski definition) is 2. The number of halogens is 2. The Kier molecular flexibility index (Phi) is 4.91. The highest BCUT2D eigenvalue weighted by molar-refractivity contribution is 6.35. The fourth-order valence-electron chi connectivity index (χ4n) is 3.30. The molecule has 5 nitrogen and oxygen atoms in total. The summed E-state index contributed by atoms with van der Waals surface area (Å²) in [5, 5.41) is 1.28. The van der Waals surface area contributed by atoms with Crippen LogP contribution in [0.25, 0.3) is 11.4 Å². The molecule has 3 aromatic rings. The minimum absolute atomic E-state index is 0.109. The van der Waals surface area contributed by atoms with Gasteiger partial charge in [0.2, 0.25) is 0 Å². The molecule has 27 heavy (non-hydrogen) atoms. The highest BCUT2D eigenvalue weighted by Gasteiger charge is 2.22. The Hall–Kier alpha value is -2.34. The van der Waals surface area contributed by atoms with Gasteiger partial charge in [-0.1, -0.05) is 29.3 Å². The molecule has 3 N–H and O–H groups in total. The van der Waals surface area contributed by atoms with E-state index in [1.54, 1.807) is 12.1 Å². The number of nitrogens with zero attached hydrogens (tertiary/aromatic N) is 2. The molecule has 2 heterocycles. The summed E-state index contributed by atoms with van der Waals surface area (Å²) in [5.74, 6) is 0.571. The topological polar surface area (TPSA) is 75.0 Å². The van der Waals surface area contributed by atoms with Crippen molar-refractivity contribution in [2.24, 2.45) is 0 Å². The van der Waals surface area contributed by atoms with Gasteiger partial charge in [0.25, 0.3) is 5.56 Å². The van der Waals surface area contributed by atoms with Gasteiger partial charge in [-0.05, 0) is 36.4 Å². The number of aromatic amines is 1. The molecule has 0 atom stereocenters. The van der Waals surface area contributed by atoms with E-state index in [1.165, 1.54) is 0 Å². The van der Waals surface area contributed by atoms with Gasteiger partial charge in [0.1, 0.15) is 5.82 Å². The molecule has 138 valence electrons. The summed E-state index contributed by atoms with van der Waals surface area (Å²) in [6, 6.07) is 12.8. The average molecular weight is 401 g/mol. The summed E-state index contributed by atoms with van der Waals surface area (Å²) in [4.78, 5) is 22.4. The summed E-state index contributed by atoms with van der Waals surface area (Å²) in [6.07, 6.45) is 0.698. The Morgan fingerprint density at radius 2 is 1.81 bits per heavy atom. The number of aromatic nitrogens is 2. The summed E-state index contributed by atoms with van der Waals surface area (Å²) in [7, 11) is 0. The van der Waals surface area contributed by atoms with Crippen molar-refractivity contribution in [3.63, 3.8) is 0 Å². The zero-order valence-corrected chi connectivity index (χ0v) is 16.0. The molecule has 0 spiro atoms. The SMILES string of the molecule is Nc1ccc(-c2nc3c(c(=O)[nH]2)CN(Cc2c(Cl)cccc2Cl)CC3)cc1. The fraction of sp³-hybridized carbons (Fsp3) is 0.200. The number of nitrogens with two attached hydrogens (primary N) is 1. The molecule has 0 saturated heterocycles. The number of anilines is 1. The molecule has 7 heteroatoms. The summed E-state index contributed by atoms with van der Waals surface area (Å²) in [6.45, 7) is 1.89. The predicted octanol–water partition coefficient (Wildman–Crippen LogP) is 3.88. The van der Waals surface area contributed by atoms with Crippen molar-refractivity contribution in [2.45, 2.75) is 19.5 Å². The second-order valence-electron chi connectivity index (χ2n) is 6.62. The van der Waals surface area contributed by atoms with Gasteiger partial charge in [-0.15, -0.1) is 0 Å². The molecule has 0 saturated carbocycles. The Labute approximate surface area is 166 Å². The van der Waals surface area contributed by atoms with Crippen molar-refractivity contribution >= 4 is 28.9 Å². The lowest BCUT2D eigenvalue weighted by Crippen LogP contribution is -2.35. The van der Waals surface area contributed by atoms with E-state index in [-0.39, 0.29) is 5.56 Å². The first-order valence-corrected chi connectivity index (χ1v) is 9.40. The van der Waals surface area contributed by atoms with E-state index in [9.17, 15) is 4.79 Å². The molecule has 0 unspecified atom stereocenters. The van der Waals surface area contributed by atoms with Crippen LogP contribution in [0, 0.1) is 0 Å². The fourth-order valence-corrected chi connectivity index (χ4v) is 3.82. The van der Waals surface area contributed by atoms with E-state index in [0.29, 0.717) is 46.6 Å².